The van der Waals surface area contributed by atoms with Crippen LogP contribution in [0.25, 0.3) is 0 Å². The molecule has 0 aromatic heterocycles. The Balaban J connectivity index is 4.01. The van der Waals surface area contributed by atoms with Crippen LogP contribution < -0.4 is 0 Å². The molecule has 0 rings (SSSR count). The summed E-state index contributed by atoms with van der Waals surface area (Å²) in [6.07, 6.45) is 2.15. The van der Waals surface area contributed by atoms with Gasteiger partial charge in [-0.15, -0.1) is 0 Å². The molecule has 0 aromatic carbocycles. The molecule has 0 aliphatic heterocycles. The van der Waals surface area contributed by atoms with Crippen LogP contribution in [0.1, 0.15) is 26.2 Å². The van der Waals surface area contributed by atoms with E-state index < -0.39 is 16.0 Å². The van der Waals surface area contributed by atoms with Gasteiger partial charge in [-0.3, -0.25) is 0 Å². The number of halogens is 2. The first-order valence-corrected chi connectivity index (χ1v) is 5.46. The molecule has 0 aliphatic rings. The topological polar surface area (TPSA) is 23.8 Å². The van der Waals surface area contributed by atoms with E-state index >= 15 is 0 Å². The van der Waals surface area contributed by atoms with Crippen LogP contribution >= 0.6 is 10.8 Å². The van der Waals surface area contributed by atoms with Crippen molar-refractivity contribution in [3.8, 4) is 6.07 Å². The van der Waals surface area contributed by atoms with Crippen molar-refractivity contribution in [1.82, 2.24) is 0 Å². The van der Waals surface area contributed by atoms with Gasteiger partial charge >= 0.3 is 0 Å². The second-order valence-corrected chi connectivity index (χ2v) is 4.78. The Bertz CT molecular complexity index is 148. The molecule has 0 amide bonds. The Hall–Kier alpha value is -0.300. The molecule has 0 N–H and O–H groups in total. The van der Waals surface area contributed by atoms with E-state index in [2.05, 4.69) is 0 Å². The third kappa shape index (κ3) is 4.20. The van der Waals surface area contributed by atoms with E-state index in [4.69, 9.17) is 5.26 Å². The minimum atomic E-state index is -3.51. The van der Waals surface area contributed by atoms with Crippen LogP contribution in [0, 0.1) is 11.3 Å². The largest absolute Gasteiger partial charge is 0.198 e. The molecular weight excluding hydrogens is 168 g/mol. The van der Waals surface area contributed by atoms with Gasteiger partial charge in [0.1, 0.15) is 0 Å². The highest BCUT2D eigenvalue weighted by atomic mass is 32.3. The summed E-state index contributed by atoms with van der Waals surface area (Å²) in [4.78, 5) is 0. The molecule has 11 heavy (non-hydrogen) atoms. The number of rotatable bonds is 4. The highest BCUT2D eigenvalue weighted by Gasteiger charge is 2.27. The third-order valence-corrected chi connectivity index (χ3v) is 3.09. The smallest absolute Gasteiger partial charge is 0.0634 e. The Morgan fingerprint density at radius 1 is 1.55 bits per heavy atom. The van der Waals surface area contributed by atoms with E-state index in [0.717, 1.165) is 12.7 Å². The molecule has 0 heterocycles. The highest BCUT2D eigenvalue weighted by molar-refractivity contribution is 8.25. The molecule has 0 fully saturated rings. The predicted molar refractivity (Wildman–Crippen MR) is 44.7 cm³/mol. The molecule has 1 unspecified atom stereocenters. The van der Waals surface area contributed by atoms with Crippen LogP contribution in [-0.4, -0.2) is 11.5 Å². The Kier molecular flexibility index (Phi) is 4.43. The summed E-state index contributed by atoms with van der Waals surface area (Å²) >= 11 is 0. The number of nitrogens with zero attached hydrogens (tertiary/aromatic N) is 1. The van der Waals surface area contributed by atoms with Gasteiger partial charge in [0, 0.05) is 6.26 Å². The molecule has 1 atom stereocenters. The Labute approximate surface area is 68.3 Å². The van der Waals surface area contributed by atoms with Gasteiger partial charge in [0.25, 0.3) is 0 Å². The second-order valence-electron chi connectivity index (χ2n) is 2.55. The van der Waals surface area contributed by atoms with Crippen LogP contribution in [-0.2, 0) is 0 Å². The maximum Gasteiger partial charge on any atom is 0.0634 e. The van der Waals surface area contributed by atoms with Gasteiger partial charge in [0.15, 0.2) is 0 Å². The zero-order valence-electron chi connectivity index (χ0n) is 6.81. The fraction of sp³-hybridized carbons (Fsp3) is 0.857. The fourth-order valence-corrected chi connectivity index (χ4v) is 1.90. The van der Waals surface area contributed by atoms with Crippen LogP contribution in [0.3, 0.4) is 0 Å². The van der Waals surface area contributed by atoms with E-state index in [1.807, 2.05) is 6.92 Å². The third-order valence-electron chi connectivity index (χ3n) is 1.51. The first kappa shape index (κ1) is 10.7. The van der Waals surface area contributed by atoms with E-state index in [9.17, 15) is 7.77 Å². The van der Waals surface area contributed by atoms with Crippen molar-refractivity contribution in [1.29, 1.82) is 5.26 Å². The standard InChI is InChI=1S/C7H13F2NS/c1-3-4-7(5-6-10)11(2,8)9/h7H,3-5H2,1-2H3. The first-order chi connectivity index (χ1) is 5.02. The summed E-state index contributed by atoms with van der Waals surface area (Å²) in [5, 5.41) is 7.57. The quantitative estimate of drug-likeness (QED) is 0.653. The van der Waals surface area contributed by atoms with Gasteiger partial charge in [0.05, 0.1) is 28.5 Å². The summed E-state index contributed by atoms with van der Waals surface area (Å²) in [6, 6.07) is 1.80. The van der Waals surface area contributed by atoms with Crippen LogP contribution in [0.2, 0.25) is 0 Å². The lowest BCUT2D eigenvalue weighted by molar-refractivity contribution is 0.656. The minimum Gasteiger partial charge on any atom is -0.198 e. The van der Waals surface area contributed by atoms with Gasteiger partial charge in [-0.1, -0.05) is 13.3 Å². The van der Waals surface area contributed by atoms with E-state index in [1.165, 1.54) is 0 Å². The lowest BCUT2D eigenvalue weighted by Crippen LogP contribution is -2.09. The molecule has 0 spiro atoms. The number of hydrogen-bond donors (Lipinski definition) is 0. The molecule has 4 heteroatoms. The lowest BCUT2D eigenvalue weighted by Gasteiger charge is -2.24. The maximum atomic E-state index is 12.7. The summed E-state index contributed by atoms with van der Waals surface area (Å²) in [7, 11) is -3.51. The highest BCUT2D eigenvalue weighted by Crippen LogP contribution is 2.54. The maximum absolute atomic E-state index is 12.7. The SMILES string of the molecule is CCCC(CC#N)S(C)(F)F. The summed E-state index contributed by atoms with van der Waals surface area (Å²) in [5.41, 5.74) is 0. The molecular formula is C7H13F2NS. The van der Waals surface area contributed by atoms with Crippen molar-refractivity contribution in [3.05, 3.63) is 0 Å². The number of nitriles is 1. The van der Waals surface area contributed by atoms with E-state index in [1.54, 1.807) is 6.07 Å². The molecule has 0 aromatic rings. The fourth-order valence-electron chi connectivity index (χ4n) is 0.879. The minimum absolute atomic E-state index is 0.00727. The van der Waals surface area contributed by atoms with E-state index in [-0.39, 0.29) is 6.42 Å². The molecule has 0 bridgehead atoms. The lowest BCUT2D eigenvalue weighted by atomic mass is 10.2. The van der Waals surface area contributed by atoms with E-state index in [0.29, 0.717) is 6.42 Å². The van der Waals surface area contributed by atoms with Crippen molar-refractivity contribution in [2.24, 2.45) is 0 Å². The van der Waals surface area contributed by atoms with Gasteiger partial charge < -0.3 is 0 Å². The Morgan fingerprint density at radius 2 is 2.09 bits per heavy atom. The van der Waals surface area contributed by atoms with Crippen molar-refractivity contribution in [2.75, 3.05) is 6.26 Å². The molecule has 0 aliphatic carbocycles. The predicted octanol–water partition coefficient (Wildman–Crippen LogP) is 3.27. The summed E-state index contributed by atoms with van der Waals surface area (Å²) < 4.78 is 25.4. The number of hydrogen-bond acceptors (Lipinski definition) is 1. The summed E-state index contributed by atoms with van der Waals surface area (Å²) in [5.74, 6) is 0. The molecule has 66 valence electrons. The van der Waals surface area contributed by atoms with Crippen LogP contribution in [0.5, 0.6) is 0 Å². The molecule has 0 saturated carbocycles. The average Bonchev–Trinajstić information content (AvgIpc) is 1.85. The zero-order valence-corrected chi connectivity index (χ0v) is 7.63. The monoisotopic (exact) mass is 181 g/mol. The average molecular weight is 181 g/mol. The zero-order chi connectivity index (χ0) is 8.91. The van der Waals surface area contributed by atoms with Gasteiger partial charge in [0.2, 0.25) is 0 Å². The van der Waals surface area contributed by atoms with Crippen LogP contribution in [0.15, 0.2) is 0 Å². The summed E-state index contributed by atoms with van der Waals surface area (Å²) in [6.45, 7) is 1.86. The second kappa shape index (κ2) is 4.55. The van der Waals surface area contributed by atoms with Gasteiger partial charge in [-0.05, 0) is 6.42 Å². The molecule has 0 radical (unpaired) electrons. The Morgan fingerprint density at radius 3 is 2.36 bits per heavy atom. The van der Waals surface area contributed by atoms with Crippen molar-refractivity contribution >= 4 is 10.8 Å². The van der Waals surface area contributed by atoms with Gasteiger partial charge in [-0.2, -0.15) is 13.0 Å². The molecule has 0 saturated heterocycles. The normalized spacial score (nSPS) is 15.5. The van der Waals surface area contributed by atoms with Crippen molar-refractivity contribution < 1.29 is 7.77 Å². The first-order valence-electron chi connectivity index (χ1n) is 3.55. The van der Waals surface area contributed by atoms with Crippen LogP contribution in [0.4, 0.5) is 7.77 Å². The van der Waals surface area contributed by atoms with Crippen molar-refractivity contribution in [2.45, 2.75) is 31.4 Å². The molecule has 1 nitrogen and oxygen atoms in total. The van der Waals surface area contributed by atoms with Crippen molar-refractivity contribution in [3.63, 3.8) is 0 Å². The van der Waals surface area contributed by atoms with Gasteiger partial charge in [-0.25, -0.2) is 0 Å².